The first-order valence-corrected chi connectivity index (χ1v) is 5.85. The van der Waals surface area contributed by atoms with Gasteiger partial charge in [0.25, 0.3) is 0 Å². The van der Waals surface area contributed by atoms with Crippen molar-refractivity contribution in [2.75, 3.05) is 17.2 Å². The second-order valence-electron chi connectivity index (χ2n) is 4.42. The van der Waals surface area contributed by atoms with E-state index >= 15 is 0 Å². The molecule has 0 bridgehead atoms. The first kappa shape index (κ1) is 10.3. The van der Waals surface area contributed by atoms with Crippen molar-refractivity contribution in [2.24, 2.45) is 0 Å². The number of rotatable bonds is 4. The highest BCUT2D eigenvalue weighted by Gasteiger charge is 2.29. The number of hydrogen-bond donors (Lipinski definition) is 1. The van der Waals surface area contributed by atoms with Crippen molar-refractivity contribution in [1.29, 1.82) is 0 Å². The van der Waals surface area contributed by atoms with Crippen LogP contribution in [-0.4, -0.2) is 12.6 Å². The molecule has 2 heteroatoms. The Morgan fingerprint density at radius 1 is 1.40 bits per heavy atom. The van der Waals surface area contributed by atoms with Crippen LogP contribution in [0.4, 0.5) is 11.4 Å². The van der Waals surface area contributed by atoms with Gasteiger partial charge in [-0.25, -0.2) is 0 Å². The van der Waals surface area contributed by atoms with Crippen LogP contribution in [0.3, 0.4) is 0 Å². The number of nitrogens with two attached hydrogens (primary N) is 1. The second kappa shape index (κ2) is 4.13. The zero-order valence-electron chi connectivity index (χ0n) is 9.66. The van der Waals surface area contributed by atoms with Crippen LogP contribution in [0.25, 0.3) is 0 Å². The van der Waals surface area contributed by atoms with Crippen LogP contribution in [0.1, 0.15) is 31.7 Å². The lowest BCUT2D eigenvalue weighted by Gasteiger charge is -2.26. The summed E-state index contributed by atoms with van der Waals surface area (Å²) in [6, 6.07) is 7.00. The van der Waals surface area contributed by atoms with E-state index in [0.29, 0.717) is 0 Å². The zero-order chi connectivity index (χ0) is 10.8. The Morgan fingerprint density at radius 3 is 2.73 bits per heavy atom. The summed E-state index contributed by atoms with van der Waals surface area (Å²) >= 11 is 0. The summed E-state index contributed by atoms with van der Waals surface area (Å²) < 4.78 is 0. The minimum Gasteiger partial charge on any atom is -0.398 e. The lowest BCUT2D eigenvalue weighted by Crippen LogP contribution is -2.27. The van der Waals surface area contributed by atoms with Crippen molar-refractivity contribution < 1.29 is 0 Å². The van der Waals surface area contributed by atoms with Gasteiger partial charge in [0, 0.05) is 24.0 Å². The Morgan fingerprint density at radius 2 is 2.13 bits per heavy atom. The minimum absolute atomic E-state index is 0.769. The molecule has 15 heavy (non-hydrogen) atoms. The molecule has 0 aliphatic heterocycles. The van der Waals surface area contributed by atoms with Gasteiger partial charge in [-0.05, 0) is 43.9 Å². The molecule has 0 amide bonds. The summed E-state index contributed by atoms with van der Waals surface area (Å²) in [5.74, 6) is 0. The third kappa shape index (κ3) is 2.09. The van der Waals surface area contributed by atoms with Gasteiger partial charge in [0.1, 0.15) is 0 Å². The Balaban J connectivity index is 2.28. The molecule has 1 fully saturated rings. The molecule has 0 radical (unpaired) electrons. The van der Waals surface area contributed by atoms with E-state index in [-0.39, 0.29) is 0 Å². The third-order valence-corrected chi connectivity index (χ3v) is 3.11. The van der Waals surface area contributed by atoms with Gasteiger partial charge in [0.05, 0.1) is 0 Å². The molecule has 2 nitrogen and oxygen atoms in total. The Bertz CT molecular complexity index is 342. The summed E-state index contributed by atoms with van der Waals surface area (Å²) in [4.78, 5) is 2.52. The second-order valence-corrected chi connectivity index (χ2v) is 4.42. The molecule has 0 saturated heterocycles. The highest BCUT2D eigenvalue weighted by atomic mass is 15.2. The smallest absolute Gasteiger partial charge is 0.0419 e. The predicted octanol–water partition coefficient (Wildman–Crippen LogP) is 2.96. The molecule has 1 aliphatic carbocycles. The maximum Gasteiger partial charge on any atom is 0.0419 e. The average Bonchev–Trinajstić information content (AvgIpc) is 3.03. The first-order chi connectivity index (χ1) is 7.24. The van der Waals surface area contributed by atoms with E-state index in [4.69, 9.17) is 5.73 Å². The van der Waals surface area contributed by atoms with Gasteiger partial charge in [-0.2, -0.15) is 0 Å². The molecule has 0 atom stereocenters. The number of benzene rings is 1. The number of nitrogen functional groups attached to an aromatic ring is 1. The summed E-state index contributed by atoms with van der Waals surface area (Å²) in [6.45, 7) is 5.50. The van der Waals surface area contributed by atoms with E-state index in [1.165, 1.54) is 30.5 Å². The van der Waals surface area contributed by atoms with E-state index in [1.807, 2.05) is 6.07 Å². The van der Waals surface area contributed by atoms with Crippen molar-refractivity contribution in [3.8, 4) is 0 Å². The van der Waals surface area contributed by atoms with Gasteiger partial charge >= 0.3 is 0 Å². The van der Waals surface area contributed by atoms with Gasteiger partial charge in [0.15, 0.2) is 0 Å². The average molecular weight is 204 g/mol. The van der Waals surface area contributed by atoms with E-state index in [2.05, 4.69) is 30.9 Å². The lowest BCUT2D eigenvalue weighted by atomic mass is 10.1. The normalized spacial score (nSPS) is 15.3. The molecule has 82 valence electrons. The fourth-order valence-corrected chi connectivity index (χ4v) is 2.08. The van der Waals surface area contributed by atoms with Crippen molar-refractivity contribution in [3.63, 3.8) is 0 Å². The van der Waals surface area contributed by atoms with Crippen LogP contribution in [0.5, 0.6) is 0 Å². The SMILES string of the molecule is CCCN(c1cccc(N)c1C)C1CC1. The Hall–Kier alpha value is -1.18. The van der Waals surface area contributed by atoms with E-state index in [1.54, 1.807) is 0 Å². The Labute approximate surface area is 92.1 Å². The van der Waals surface area contributed by atoms with Crippen molar-refractivity contribution in [2.45, 2.75) is 39.2 Å². The highest BCUT2D eigenvalue weighted by molar-refractivity contribution is 5.65. The fourth-order valence-electron chi connectivity index (χ4n) is 2.08. The lowest BCUT2D eigenvalue weighted by molar-refractivity contribution is 0.761. The first-order valence-electron chi connectivity index (χ1n) is 5.85. The van der Waals surface area contributed by atoms with E-state index in [0.717, 1.165) is 18.3 Å². The van der Waals surface area contributed by atoms with Gasteiger partial charge in [0.2, 0.25) is 0 Å². The van der Waals surface area contributed by atoms with Crippen LogP contribution >= 0.6 is 0 Å². The Kier molecular flexibility index (Phi) is 2.85. The van der Waals surface area contributed by atoms with Gasteiger partial charge in [-0.15, -0.1) is 0 Å². The van der Waals surface area contributed by atoms with Crippen molar-refractivity contribution in [1.82, 2.24) is 0 Å². The van der Waals surface area contributed by atoms with Crippen LogP contribution in [0.2, 0.25) is 0 Å². The summed E-state index contributed by atoms with van der Waals surface area (Å²) in [7, 11) is 0. The van der Waals surface area contributed by atoms with Gasteiger partial charge in [-0.3, -0.25) is 0 Å². The van der Waals surface area contributed by atoms with Crippen LogP contribution in [-0.2, 0) is 0 Å². The zero-order valence-corrected chi connectivity index (χ0v) is 9.66. The number of nitrogens with zero attached hydrogens (tertiary/aromatic N) is 1. The minimum atomic E-state index is 0.769. The van der Waals surface area contributed by atoms with E-state index in [9.17, 15) is 0 Å². The molecule has 1 saturated carbocycles. The maximum absolute atomic E-state index is 5.95. The largest absolute Gasteiger partial charge is 0.398 e. The third-order valence-electron chi connectivity index (χ3n) is 3.11. The molecule has 0 spiro atoms. The predicted molar refractivity (Wildman–Crippen MR) is 66.3 cm³/mol. The molecular weight excluding hydrogens is 184 g/mol. The molecule has 0 aromatic heterocycles. The standard InChI is InChI=1S/C13H20N2/c1-3-9-15(11-7-8-11)13-6-4-5-12(14)10(13)2/h4-6,11H,3,7-9,14H2,1-2H3. The van der Waals surface area contributed by atoms with Crippen LogP contribution in [0, 0.1) is 6.92 Å². The molecule has 0 heterocycles. The van der Waals surface area contributed by atoms with Crippen LogP contribution in [0.15, 0.2) is 18.2 Å². The number of anilines is 2. The summed E-state index contributed by atoms with van der Waals surface area (Å²) in [6.07, 6.45) is 3.88. The molecular formula is C13H20N2. The molecule has 2 N–H and O–H groups in total. The number of hydrogen-bond acceptors (Lipinski definition) is 2. The van der Waals surface area contributed by atoms with Crippen LogP contribution < -0.4 is 10.6 Å². The highest BCUT2D eigenvalue weighted by Crippen LogP contribution is 2.34. The summed E-state index contributed by atoms with van der Waals surface area (Å²) in [5, 5.41) is 0. The molecule has 2 rings (SSSR count). The summed E-state index contributed by atoms with van der Waals surface area (Å²) in [5.41, 5.74) is 9.43. The molecule has 1 aliphatic rings. The maximum atomic E-state index is 5.95. The van der Waals surface area contributed by atoms with Crippen molar-refractivity contribution in [3.05, 3.63) is 23.8 Å². The quantitative estimate of drug-likeness (QED) is 0.764. The molecule has 1 aromatic rings. The van der Waals surface area contributed by atoms with E-state index < -0.39 is 0 Å². The molecule has 0 unspecified atom stereocenters. The molecule has 1 aromatic carbocycles. The van der Waals surface area contributed by atoms with Crippen molar-refractivity contribution >= 4 is 11.4 Å². The monoisotopic (exact) mass is 204 g/mol. The fraction of sp³-hybridized carbons (Fsp3) is 0.538. The van der Waals surface area contributed by atoms with Gasteiger partial charge < -0.3 is 10.6 Å². The van der Waals surface area contributed by atoms with Gasteiger partial charge in [-0.1, -0.05) is 13.0 Å². The topological polar surface area (TPSA) is 29.3 Å².